The molecular weight excluding hydrogens is 275 g/mol. The molecule has 0 atom stereocenters. The van der Waals surface area contributed by atoms with E-state index in [1.165, 1.54) is 0 Å². The number of rotatable bonds is 6. The molecule has 1 rings (SSSR count). The highest BCUT2D eigenvalue weighted by Crippen LogP contribution is 2.18. The number of hydrogen-bond donors (Lipinski definition) is 2. The topological polar surface area (TPSA) is 98.5 Å². The molecule has 3 N–H and O–H groups in total. The number of carbonyl (C=O) groups is 1. The van der Waals surface area contributed by atoms with E-state index in [2.05, 4.69) is 9.46 Å². The predicted octanol–water partition coefficient (Wildman–Crippen LogP) is 0.239. The Morgan fingerprint density at radius 2 is 2.16 bits per heavy atom. The molecule has 0 saturated carbocycles. The first-order chi connectivity index (χ1) is 8.92. The summed E-state index contributed by atoms with van der Waals surface area (Å²) in [6.45, 7) is 0.422. The number of sulfonamides is 1. The number of methoxy groups -OCH3 is 1. The van der Waals surface area contributed by atoms with Gasteiger partial charge in [-0.15, -0.1) is 0 Å². The van der Waals surface area contributed by atoms with Crippen LogP contribution in [0.1, 0.15) is 16.8 Å². The summed E-state index contributed by atoms with van der Waals surface area (Å²) in [6, 6.07) is 2.83. The van der Waals surface area contributed by atoms with E-state index in [0.717, 1.165) is 25.3 Å². The Balaban J connectivity index is 3.16. The molecule has 106 valence electrons. The van der Waals surface area contributed by atoms with Crippen molar-refractivity contribution in [1.82, 2.24) is 4.72 Å². The van der Waals surface area contributed by atoms with Crippen LogP contribution in [0.25, 0.3) is 0 Å². The molecule has 1 aromatic rings. The Morgan fingerprint density at radius 1 is 1.47 bits per heavy atom. The second kappa shape index (κ2) is 6.60. The van der Waals surface area contributed by atoms with Crippen molar-refractivity contribution in [3.05, 3.63) is 29.6 Å². The van der Waals surface area contributed by atoms with E-state index in [9.17, 15) is 17.6 Å². The molecule has 0 aliphatic carbocycles. The van der Waals surface area contributed by atoms with Crippen molar-refractivity contribution in [3.63, 3.8) is 0 Å². The van der Waals surface area contributed by atoms with Gasteiger partial charge in [0, 0.05) is 6.54 Å². The first-order valence-corrected chi connectivity index (χ1v) is 6.98. The molecule has 19 heavy (non-hydrogen) atoms. The van der Waals surface area contributed by atoms with Crippen molar-refractivity contribution < 1.29 is 22.3 Å². The lowest BCUT2D eigenvalue weighted by molar-refractivity contribution is 0.0596. The SMILES string of the molecule is COC(=O)c1ccc(F)cc1S(=O)(=O)NCCCN. The number of halogens is 1. The van der Waals surface area contributed by atoms with Crippen LogP contribution in [-0.4, -0.2) is 34.6 Å². The monoisotopic (exact) mass is 290 g/mol. The van der Waals surface area contributed by atoms with Gasteiger partial charge in [-0.1, -0.05) is 0 Å². The third-order valence-corrected chi connectivity index (χ3v) is 3.81. The normalized spacial score (nSPS) is 11.3. The lowest BCUT2D eigenvalue weighted by Gasteiger charge is -2.10. The van der Waals surface area contributed by atoms with Crippen molar-refractivity contribution in [2.24, 2.45) is 5.73 Å². The van der Waals surface area contributed by atoms with Gasteiger partial charge in [0.05, 0.1) is 17.6 Å². The third kappa shape index (κ3) is 3.98. The fourth-order valence-corrected chi connectivity index (χ4v) is 2.66. The summed E-state index contributed by atoms with van der Waals surface area (Å²) >= 11 is 0. The Morgan fingerprint density at radius 3 is 2.74 bits per heavy atom. The lowest BCUT2D eigenvalue weighted by Crippen LogP contribution is -2.28. The summed E-state index contributed by atoms with van der Waals surface area (Å²) in [4.78, 5) is 11.0. The Bertz CT molecular complexity index is 560. The molecule has 0 aliphatic rings. The average molecular weight is 290 g/mol. The molecule has 0 fully saturated rings. The maximum Gasteiger partial charge on any atom is 0.339 e. The molecule has 8 heteroatoms. The number of ether oxygens (including phenoxy) is 1. The Hall–Kier alpha value is -1.51. The Kier molecular flexibility index (Phi) is 5.40. The van der Waals surface area contributed by atoms with Gasteiger partial charge >= 0.3 is 5.97 Å². The summed E-state index contributed by atoms with van der Waals surface area (Å²) in [5.74, 6) is -1.61. The molecular formula is C11H15FN2O4S. The van der Waals surface area contributed by atoms with Crippen molar-refractivity contribution in [1.29, 1.82) is 0 Å². The molecule has 0 saturated heterocycles. The van der Waals surface area contributed by atoms with Crippen LogP contribution < -0.4 is 10.5 Å². The fourth-order valence-electron chi connectivity index (χ4n) is 1.38. The van der Waals surface area contributed by atoms with Crippen LogP contribution in [0.15, 0.2) is 23.1 Å². The second-order valence-corrected chi connectivity index (χ2v) is 5.41. The van der Waals surface area contributed by atoms with E-state index >= 15 is 0 Å². The quantitative estimate of drug-likeness (QED) is 0.577. The number of benzene rings is 1. The maximum atomic E-state index is 13.2. The lowest BCUT2D eigenvalue weighted by atomic mass is 10.2. The third-order valence-electron chi connectivity index (χ3n) is 2.31. The summed E-state index contributed by atoms with van der Waals surface area (Å²) < 4.78 is 43.8. The summed E-state index contributed by atoms with van der Waals surface area (Å²) in [5, 5.41) is 0. The van der Waals surface area contributed by atoms with Crippen molar-refractivity contribution >= 4 is 16.0 Å². The van der Waals surface area contributed by atoms with E-state index in [-0.39, 0.29) is 12.1 Å². The second-order valence-electron chi connectivity index (χ2n) is 3.67. The summed E-state index contributed by atoms with van der Waals surface area (Å²) in [6.07, 6.45) is 0.433. The first-order valence-electron chi connectivity index (χ1n) is 5.50. The highest BCUT2D eigenvalue weighted by Gasteiger charge is 2.23. The van der Waals surface area contributed by atoms with Gasteiger partial charge in [0.15, 0.2) is 0 Å². The van der Waals surface area contributed by atoms with Crippen LogP contribution >= 0.6 is 0 Å². The van der Waals surface area contributed by atoms with E-state index in [0.29, 0.717) is 13.0 Å². The molecule has 0 spiro atoms. The summed E-state index contributed by atoms with van der Waals surface area (Å²) in [5.41, 5.74) is 5.03. The van der Waals surface area contributed by atoms with Gasteiger partial charge in [0.1, 0.15) is 5.82 Å². The fraction of sp³-hybridized carbons (Fsp3) is 0.364. The smallest absolute Gasteiger partial charge is 0.339 e. The van der Waals surface area contributed by atoms with E-state index in [4.69, 9.17) is 5.73 Å². The van der Waals surface area contributed by atoms with Crippen molar-refractivity contribution in [2.75, 3.05) is 20.2 Å². The average Bonchev–Trinajstić information content (AvgIpc) is 2.38. The van der Waals surface area contributed by atoms with E-state index in [1.54, 1.807) is 0 Å². The van der Waals surface area contributed by atoms with Crippen LogP contribution in [0.3, 0.4) is 0 Å². The molecule has 6 nitrogen and oxygen atoms in total. The zero-order valence-corrected chi connectivity index (χ0v) is 11.2. The molecule has 1 aromatic carbocycles. The first kappa shape index (κ1) is 15.5. The zero-order chi connectivity index (χ0) is 14.5. The molecule has 0 heterocycles. The molecule has 0 unspecified atom stereocenters. The largest absolute Gasteiger partial charge is 0.465 e. The molecule has 0 amide bonds. The van der Waals surface area contributed by atoms with E-state index in [1.807, 2.05) is 0 Å². The minimum absolute atomic E-state index is 0.107. The molecule has 0 aliphatic heterocycles. The van der Waals surface area contributed by atoms with Gasteiger partial charge in [-0.2, -0.15) is 0 Å². The minimum atomic E-state index is -3.99. The van der Waals surface area contributed by atoms with Crippen LogP contribution in [0, 0.1) is 5.82 Å². The van der Waals surface area contributed by atoms with E-state index < -0.39 is 26.7 Å². The summed E-state index contributed by atoms with van der Waals surface area (Å²) in [7, 11) is -2.87. The molecule has 0 bridgehead atoms. The van der Waals surface area contributed by atoms with Gasteiger partial charge in [-0.25, -0.2) is 22.3 Å². The predicted molar refractivity (Wildman–Crippen MR) is 66.6 cm³/mol. The van der Waals surface area contributed by atoms with Gasteiger partial charge in [0.2, 0.25) is 10.0 Å². The van der Waals surface area contributed by atoms with Crippen molar-refractivity contribution in [3.8, 4) is 0 Å². The van der Waals surface area contributed by atoms with Crippen molar-refractivity contribution in [2.45, 2.75) is 11.3 Å². The Labute approximate surface area is 110 Å². The number of nitrogens with two attached hydrogens (primary N) is 1. The zero-order valence-electron chi connectivity index (χ0n) is 10.3. The van der Waals surface area contributed by atoms with Gasteiger partial charge in [-0.3, -0.25) is 0 Å². The minimum Gasteiger partial charge on any atom is -0.465 e. The maximum absolute atomic E-state index is 13.2. The number of carbonyl (C=O) groups excluding carboxylic acids is 1. The van der Waals surface area contributed by atoms with Gasteiger partial charge in [-0.05, 0) is 31.2 Å². The number of hydrogen-bond acceptors (Lipinski definition) is 5. The molecule has 0 aromatic heterocycles. The highest BCUT2D eigenvalue weighted by molar-refractivity contribution is 7.89. The number of esters is 1. The van der Waals surface area contributed by atoms with Crippen LogP contribution in [0.2, 0.25) is 0 Å². The van der Waals surface area contributed by atoms with Crippen LogP contribution in [-0.2, 0) is 14.8 Å². The standard InChI is InChI=1S/C11H15FN2O4S/c1-18-11(15)9-4-3-8(12)7-10(9)19(16,17)14-6-2-5-13/h3-4,7,14H,2,5-6,13H2,1H3. The van der Waals surface area contributed by atoms with Crippen LogP contribution in [0.4, 0.5) is 4.39 Å². The van der Waals surface area contributed by atoms with Crippen LogP contribution in [0.5, 0.6) is 0 Å². The van der Waals surface area contributed by atoms with Gasteiger partial charge < -0.3 is 10.5 Å². The van der Waals surface area contributed by atoms with Gasteiger partial charge in [0.25, 0.3) is 0 Å². The highest BCUT2D eigenvalue weighted by atomic mass is 32.2. The molecule has 0 radical (unpaired) electrons. The number of nitrogens with one attached hydrogen (secondary N) is 1.